The van der Waals surface area contributed by atoms with Crippen LogP contribution in [0, 0.1) is 0 Å². The second-order valence-electron chi connectivity index (χ2n) is 6.16. The first-order valence-electron chi connectivity index (χ1n) is 8.43. The first-order chi connectivity index (χ1) is 12.4. The molecule has 0 atom stereocenters. The van der Waals surface area contributed by atoms with Crippen LogP contribution in [0.2, 0.25) is 0 Å². The Bertz CT molecular complexity index is 873. The number of nitrogens with one attached hydrogen (secondary N) is 1. The number of hydrogen-bond acceptors (Lipinski definition) is 5. The molecule has 1 aliphatic rings. The highest BCUT2D eigenvalue weighted by atomic mass is 32.2. The number of benzene rings is 2. The van der Waals surface area contributed by atoms with Gasteiger partial charge in [0, 0.05) is 0 Å². The van der Waals surface area contributed by atoms with Gasteiger partial charge in [-0.15, -0.1) is 0 Å². The quantitative estimate of drug-likeness (QED) is 0.765. The highest BCUT2D eigenvalue weighted by molar-refractivity contribution is 7.89. The standard InChI is InChI=1S/C19H23NO5S/c1-4-25-15-6-8-16(9-7-15)26(21,22)20-19(11-12-19)14-5-10-17(23-2)18(13-14)24-3/h5-10,13,20H,4,11-12H2,1-3H3. The predicted octanol–water partition coefficient (Wildman–Crippen LogP) is 3.07. The third-order valence-corrected chi connectivity index (χ3v) is 6.01. The van der Waals surface area contributed by atoms with E-state index in [1.807, 2.05) is 19.1 Å². The Morgan fingerprint density at radius 2 is 1.65 bits per heavy atom. The lowest BCUT2D eigenvalue weighted by molar-refractivity contribution is 0.340. The molecule has 0 radical (unpaired) electrons. The zero-order chi connectivity index (χ0) is 18.8. The summed E-state index contributed by atoms with van der Waals surface area (Å²) in [6.45, 7) is 2.42. The maximum atomic E-state index is 12.8. The van der Waals surface area contributed by atoms with Crippen LogP contribution in [-0.4, -0.2) is 29.2 Å². The Kier molecular flexibility index (Phi) is 5.11. The minimum atomic E-state index is -3.65. The number of ether oxygens (including phenoxy) is 3. The number of rotatable bonds is 8. The molecule has 2 aromatic carbocycles. The van der Waals surface area contributed by atoms with Gasteiger partial charge in [0.05, 0.1) is 31.3 Å². The molecule has 0 bridgehead atoms. The Morgan fingerprint density at radius 1 is 1.00 bits per heavy atom. The van der Waals surface area contributed by atoms with E-state index in [0.717, 1.165) is 18.4 Å². The molecule has 0 aromatic heterocycles. The van der Waals surface area contributed by atoms with Crippen molar-refractivity contribution in [3.8, 4) is 17.2 Å². The fourth-order valence-electron chi connectivity index (χ4n) is 2.91. The van der Waals surface area contributed by atoms with Crippen molar-refractivity contribution >= 4 is 10.0 Å². The van der Waals surface area contributed by atoms with Crippen LogP contribution in [0.4, 0.5) is 0 Å². The topological polar surface area (TPSA) is 73.9 Å². The van der Waals surface area contributed by atoms with E-state index in [4.69, 9.17) is 14.2 Å². The monoisotopic (exact) mass is 377 g/mol. The molecule has 26 heavy (non-hydrogen) atoms. The summed E-state index contributed by atoms with van der Waals surface area (Å²) in [6, 6.07) is 11.9. The zero-order valence-electron chi connectivity index (χ0n) is 15.1. The molecule has 1 aliphatic carbocycles. The summed E-state index contributed by atoms with van der Waals surface area (Å²) in [7, 11) is -0.519. The van der Waals surface area contributed by atoms with Gasteiger partial charge in [-0.25, -0.2) is 13.1 Å². The van der Waals surface area contributed by atoms with Gasteiger partial charge in [-0.3, -0.25) is 0 Å². The first kappa shape index (κ1) is 18.5. The summed E-state index contributed by atoms with van der Waals surface area (Å²) in [5.74, 6) is 1.84. The number of methoxy groups -OCH3 is 2. The van der Waals surface area contributed by atoms with Gasteiger partial charge in [-0.05, 0) is 61.7 Å². The molecule has 6 nitrogen and oxygen atoms in total. The van der Waals surface area contributed by atoms with Crippen LogP contribution in [0.25, 0.3) is 0 Å². The van der Waals surface area contributed by atoms with Crippen LogP contribution >= 0.6 is 0 Å². The molecule has 1 saturated carbocycles. The molecule has 0 amide bonds. The summed E-state index contributed by atoms with van der Waals surface area (Å²) in [4.78, 5) is 0.215. The van der Waals surface area contributed by atoms with E-state index in [9.17, 15) is 8.42 Å². The third kappa shape index (κ3) is 3.64. The summed E-state index contributed by atoms with van der Waals surface area (Å²) in [5.41, 5.74) is 0.265. The zero-order valence-corrected chi connectivity index (χ0v) is 15.9. The maximum Gasteiger partial charge on any atom is 0.241 e. The van der Waals surface area contributed by atoms with E-state index in [1.165, 1.54) is 0 Å². The van der Waals surface area contributed by atoms with Crippen molar-refractivity contribution in [3.05, 3.63) is 48.0 Å². The average molecular weight is 377 g/mol. The van der Waals surface area contributed by atoms with E-state index in [0.29, 0.717) is 23.9 Å². The maximum absolute atomic E-state index is 12.8. The van der Waals surface area contributed by atoms with E-state index in [1.54, 1.807) is 44.6 Å². The van der Waals surface area contributed by atoms with Crippen molar-refractivity contribution in [2.24, 2.45) is 0 Å². The minimum absolute atomic E-state index is 0.215. The molecule has 2 aromatic rings. The van der Waals surface area contributed by atoms with Crippen LogP contribution < -0.4 is 18.9 Å². The second kappa shape index (κ2) is 7.17. The van der Waals surface area contributed by atoms with Crippen molar-refractivity contribution in [1.29, 1.82) is 0 Å². The molecule has 0 aliphatic heterocycles. The summed E-state index contributed by atoms with van der Waals surface area (Å²) in [5, 5.41) is 0. The van der Waals surface area contributed by atoms with Crippen molar-refractivity contribution in [3.63, 3.8) is 0 Å². The van der Waals surface area contributed by atoms with E-state index in [2.05, 4.69) is 4.72 Å². The van der Waals surface area contributed by atoms with Crippen molar-refractivity contribution < 1.29 is 22.6 Å². The summed E-state index contributed by atoms with van der Waals surface area (Å²) in [6.07, 6.45) is 1.47. The fraction of sp³-hybridized carbons (Fsp3) is 0.368. The van der Waals surface area contributed by atoms with E-state index < -0.39 is 15.6 Å². The second-order valence-corrected chi connectivity index (χ2v) is 7.84. The third-order valence-electron chi connectivity index (χ3n) is 4.46. The molecule has 1 N–H and O–H groups in total. The lowest BCUT2D eigenvalue weighted by atomic mass is 10.1. The summed E-state index contributed by atoms with van der Waals surface area (Å²) < 4.78 is 44.4. The van der Waals surface area contributed by atoms with Crippen molar-refractivity contribution in [2.75, 3.05) is 20.8 Å². The van der Waals surface area contributed by atoms with E-state index in [-0.39, 0.29) is 4.90 Å². The molecule has 0 spiro atoms. The first-order valence-corrected chi connectivity index (χ1v) is 9.92. The van der Waals surface area contributed by atoms with Gasteiger partial charge in [0.15, 0.2) is 11.5 Å². The van der Waals surface area contributed by atoms with Crippen molar-refractivity contribution in [2.45, 2.75) is 30.2 Å². The normalized spacial score (nSPS) is 15.3. The number of hydrogen-bond donors (Lipinski definition) is 1. The molecule has 140 valence electrons. The Hall–Kier alpha value is -2.25. The fourth-order valence-corrected chi connectivity index (χ4v) is 4.35. The molecule has 1 fully saturated rings. The Balaban J connectivity index is 1.85. The smallest absolute Gasteiger partial charge is 0.241 e. The van der Waals surface area contributed by atoms with E-state index >= 15 is 0 Å². The SMILES string of the molecule is CCOc1ccc(S(=O)(=O)NC2(c3ccc(OC)c(OC)c3)CC2)cc1. The van der Waals surface area contributed by atoms with Crippen LogP contribution in [0.5, 0.6) is 17.2 Å². The van der Waals surface area contributed by atoms with Crippen molar-refractivity contribution in [1.82, 2.24) is 4.72 Å². The average Bonchev–Trinajstić information content (AvgIpc) is 3.41. The van der Waals surface area contributed by atoms with Gasteiger partial charge in [-0.2, -0.15) is 0 Å². The van der Waals surface area contributed by atoms with Gasteiger partial charge in [0.1, 0.15) is 5.75 Å². The van der Waals surface area contributed by atoms with Crippen LogP contribution in [-0.2, 0) is 15.6 Å². The summed E-state index contributed by atoms with van der Waals surface area (Å²) >= 11 is 0. The van der Waals surface area contributed by atoms with Crippen LogP contribution in [0.15, 0.2) is 47.4 Å². The molecule has 0 heterocycles. The van der Waals surface area contributed by atoms with Gasteiger partial charge in [0.2, 0.25) is 10.0 Å². The van der Waals surface area contributed by atoms with Gasteiger partial charge >= 0.3 is 0 Å². The van der Waals surface area contributed by atoms with Gasteiger partial charge < -0.3 is 14.2 Å². The lowest BCUT2D eigenvalue weighted by Gasteiger charge is -2.20. The minimum Gasteiger partial charge on any atom is -0.494 e. The van der Waals surface area contributed by atoms with Crippen LogP contribution in [0.3, 0.4) is 0 Å². The largest absolute Gasteiger partial charge is 0.494 e. The highest BCUT2D eigenvalue weighted by Gasteiger charge is 2.48. The lowest BCUT2D eigenvalue weighted by Crippen LogP contribution is -2.34. The molecule has 0 saturated heterocycles. The molecule has 0 unspecified atom stereocenters. The molecular weight excluding hydrogens is 354 g/mol. The molecule has 7 heteroatoms. The Morgan fingerprint density at radius 3 is 2.19 bits per heavy atom. The number of sulfonamides is 1. The highest BCUT2D eigenvalue weighted by Crippen LogP contribution is 2.48. The van der Waals surface area contributed by atoms with Gasteiger partial charge in [0.25, 0.3) is 0 Å². The predicted molar refractivity (Wildman–Crippen MR) is 98.4 cm³/mol. The molecule has 3 rings (SSSR count). The van der Waals surface area contributed by atoms with Gasteiger partial charge in [-0.1, -0.05) is 6.07 Å². The molecular formula is C19H23NO5S. The Labute approximate surface area is 154 Å². The van der Waals surface area contributed by atoms with Crippen LogP contribution in [0.1, 0.15) is 25.3 Å².